The molecule has 0 aliphatic heterocycles. The first kappa shape index (κ1) is 17.3. The Labute approximate surface area is 133 Å². The molecular formula is C19H38N2. The Hall–Kier alpha value is -0.0800. The topological polar surface area (TPSA) is 15.3 Å². The van der Waals surface area contributed by atoms with Crippen LogP contribution in [0.5, 0.6) is 0 Å². The Balaban J connectivity index is 1.89. The molecule has 2 nitrogen and oxygen atoms in total. The van der Waals surface area contributed by atoms with E-state index in [4.69, 9.17) is 0 Å². The smallest absolute Gasteiger partial charge is 0.00966 e. The summed E-state index contributed by atoms with van der Waals surface area (Å²) in [5.74, 6) is 0.769. The van der Waals surface area contributed by atoms with Gasteiger partial charge in [-0.15, -0.1) is 0 Å². The molecule has 0 atom stereocenters. The lowest BCUT2D eigenvalue weighted by Gasteiger charge is -2.42. The molecule has 124 valence electrons. The van der Waals surface area contributed by atoms with E-state index in [-0.39, 0.29) is 0 Å². The van der Waals surface area contributed by atoms with Crippen LogP contribution in [-0.4, -0.2) is 37.1 Å². The second-order valence-electron chi connectivity index (χ2n) is 8.14. The summed E-state index contributed by atoms with van der Waals surface area (Å²) in [6.07, 6.45) is 12.9. The molecule has 0 aromatic rings. The summed E-state index contributed by atoms with van der Waals surface area (Å²) >= 11 is 0. The Morgan fingerprint density at radius 2 is 1.86 bits per heavy atom. The van der Waals surface area contributed by atoms with Crippen molar-refractivity contribution >= 4 is 0 Å². The first-order valence-corrected chi connectivity index (χ1v) is 9.60. The van der Waals surface area contributed by atoms with E-state index in [9.17, 15) is 0 Å². The fourth-order valence-corrected chi connectivity index (χ4v) is 3.94. The molecule has 0 saturated heterocycles. The van der Waals surface area contributed by atoms with Crippen molar-refractivity contribution in [2.24, 2.45) is 11.3 Å². The van der Waals surface area contributed by atoms with Crippen molar-refractivity contribution in [1.82, 2.24) is 10.2 Å². The lowest BCUT2D eigenvalue weighted by atomic mass is 9.73. The highest BCUT2D eigenvalue weighted by molar-refractivity contribution is 4.93. The van der Waals surface area contributed by atoms with Crippen molar-refractivity contribution in [3.8, 4) is 0 Å². The zero-order valence-electron chi connectivity index (χ0n) is 14.8. The molecule has 2 aliphatic rings. The van der Waals surface area contributed by atoms with Gasteiger partial charge < -0.3 is 5.32 Å². The highest BCUT2D eigenvalue weighted by Gasteiger charge is 2.38. The summed E-state index contributed by atoms with van der Waals surface area (Å²) in [6, 6.07) is 0.931. The van der Waals surface area contributed by atoms with Gasteiger partial charge in [-0.05, 0) is 56.5 Å². The van der Waals surface area contributed by atoms with E-state index < -0.39 is 0 Å². The maximum Gasteiger partial charge on any atom is 0.00966 e. The van der Waals surface area contributed by atoms with Gasteiger partial charge in [-0.2, -0.15) is 0 Å². The Kier molecular flexibility index (Phi) is 7.01. The van der Waals surface area contributed by atoms with Gasteiger partial charge in [0.25, 0.3) is 0 Å². The van der Waals surface area contributed by atoms with Gasteiger partial charge in [0, 0.05) is 19.1 Å². The van der Waals surface area contributed by atoms with Gasteiger partial charge in [-0.25, -0.2) is 0 Å². The van der Waals surface area contributed by atoms with Crippen molar-refractivity contribution in [3.05, 3.63) is 0 Å². The van der Waals surface area contributed by atoms with E-state index >= 15 is 0 Å². The summed E-state index contributed by atoms with van der Waals surface area (Å²) in [6.45, 7) is 12.1. The number of hydrogen-bond acceptors (Lipinski definition) is 2. The zero-order chi connectivity index (χ0) is 15.1. The molecule has 2 rings (SSSR count). The molecule has 21 heavy (non-hydrogen) atoms. The molecule has 0 aromatic carbocycles. The van der Waals surface area contributed by atoms with E-state index in [1.807, 2.05) is 0 Å². The SMILES string of the molecule is CCCCN(CC1(CNCC(C)C)CCCCC1)C1CC1. The molecule has 2 aliphatic carbocycles. The summed E-state index contributed by atoms with van der Waals surface area (Å²) in [5, 5.41) is 3.79. The minimum atomic E-state index is 0.573. The fraction of sp³-hybridized carbons (Fsp3) is 1.00. The van der Waals surface area contributed by atoms with Crippen molar-refractivity contribution < 1.29 is 0 Å². The van der Waals surface area contributed by atoms with E-state index in [1.54, 1.807) is 0 Å². The third kappa shape index (κ3) is 5.90. The van der Waals surface area contributed by atoms with Gasteiger partial charge >= 0.3 is 0 Å². The maximum atomic E-state index is 3.79. The van der Waals surface area contributed by atoms with Crippen LogP contribution < -0.4 is 5.32 Å². The van der Waals surface area contributed by atoms with E-state index in [0.29, 0.717) is 5.41 Å². The van der Waals surface area contributed by atoms with Crippen molar-refractivity contribution in [3.63, 3.8) is 0 Å². The number of unbranched alkanes of at least 4 members (excludes halogenated alkanes) is 1. The van der Waals surface area contributed by atoms with Crippen LogP contribution in [0.15, 0.2) is 0 Å². The third-order valence-electron chi connectivity index (χ3n) is 5.37. The molecule has 2 heteroatoms. The number of rotatable bonds is 10. The minimum Gasteiger partial charge on any atom is -0.316 e. The number of nitrogens with zero attached hydrogens (tertiary/aromatic N) is 1. The van der Waals surface area contributed by atoms with Crippen LogP contribution in [-0.2, 0) is 0 Å². The first-order valence-electron chi connectivity index (χ1n) is 9.60. The van der Waals surface area contributed by atoms with E-state index in [2.05, 4.69) is 31.0 Å². The van der Waals surface area contributed by atoms with Crippen molar-refractivity contribution in [1.29, 1.82) is 0 Å². The number of hydrogen-bond donors (Lipinski definition) is 1. The molecule has 0 aromatic heterocycles. The molecule has 2 fully saturated rings. The first-order chi connectivity index (χ1) is 10.2. The van der Waals surface area contributed by atoms with Crippen LogP contribution in [0.2, 0.25) is 0 Å². The van der Waals surface area contributed by atoms with Gasteiger partial charge in [-0.3, -0.25) is 4.90 Å². The molecule has 0 unspecified atom stereocenters. The maximum absolute atomic E-state index is 3.79. The fourth-order valence-electron chi connectivity index (χ4n) is 3.94. The zero-order valence-corrected chi connectivity index (χ0v) is 14.8. The average Bonchev–Trinajstić information content (AvgIpc) is 3.29. The molecule has 0 heterocycles. The van der Waals surface area contributed by atoms with Gasteiger partial charge in [0.2, 0.25) is 0 Å². The number of nitrogens with one attached hydrogen (secondary N) is 1. The van der Waals surface area contributed by atoms with Gasteiger partial charge in [0.1, 0.15) is 0 Å². The quantitative estimate of drug-likeness (QED) is 0.640. The average molecular weight is 295 g/mol. The molecule has 2 saturated carbocycles. The van der Waals surface area contributed by atoms with Crippen LogP contribution >= 0.6 is 0 Å². The van der Waals surface area contributed by atoms with Gasteiger partial charge in [-0.1, -0.05) is 46.5 Å². The third-order valence-corrected chi connectivity index (χ3v) is 5.37. The van der Waals surface area contributed by atoms with Crippen LogP contribution in [0.25, 0.3) is 0 Å². The van der Waals surface area contributed by atoms with Crippen LogP contribution in [0.1, 0.15) is 78.6 Å². The lowest BCUT2D eigenvalue weighted by molar-refractivity contribution is 0.0954. The molecule has 0 spiro atoms. The van der Waals surface area contributed by atoms with Crippen LogP contribution in [0.4, 0.5) is 0 Å². The molecular weight excluding hydrogens is 256 g/mol. The summed E-state index contributed by atoms with van der Waals surface area (Å²) in [4.78, 5) is 2.85. The highest BCUT2D eigenvalue weighted by atomic mass is 15.2. The Bertz CT molecular complexity index is 277. The normalized spacial score (nSPS) is 22.1. The van der Waals surface area contributed by atoms with Crippen LogP contribution in [0, 0.1) is 11.3 Å². The van der Waals surface area contributed by atoms with E-state index in [0.717, 1.165) is 12.0 Å². The largest absolute Gasteiger partial charge is 0.316 e. The molecule has 1 N–H and O–H groups in total. The van der Waals surface area contributed by atoms with Crippen molar-refractivity contribution in [2.45, 2.75) is 84.6 Å². The Morgan fingerprint density at radius 3 is 2.43 bits per heavy atom. The van der Waals surface area contributed by atoms with Crippen molar-refractivity contribution in [2.75, 3.05) is 26.2 Å². The van der Waals surface area contributed by atoms with Crippen LogP contribution in [0.3, 0.4) is 0 Å². The lowest BCUT2D eigenvalue weighted by Crippen LogP contribution is -2.47. The molecule has 0 bridgehead atoms. The predicted molar refractivity (Wildman–Crippen MR) is 92.7 cm³/mol. The summed E-state index contributed by atoms with van der Waals surface area (Å²) < 4.78 is 0. The van der Waals surface area contributed by atoms with E-state index in [1.165, 1.54) is 84.0 Å². The van der Waals surface area contributed by atoms with Gasteiger partial charge in [0.15, 0.2) is 0 Å². The standard InChI is InChI=1S/C19H38N2/c1-4-5-13-21(18-9-10-18)16-19(11-7-6-8-12-19)15-20-14-17(2)3/h17-18,20H,4-16H2,1-3H3. The summed E-state index contributed by atoms with van der Waals surface area (Å²) in [7, 11) is 0. The molecule has 0 amide bonds. The predicted octanol–water partition coefficient (Wildman–Crippen LogP) is 4.45. The summed E-state index contributed by atoms with van der Waals surface area (Å²) in [5.41, 5.74) is 0.573. The minimum absolute atomic E-state index is 0.573. The second kappa shape index (κ2) is 8.53. The second-order valence-corrected chi connectivity index (χ2v) is 8.14. The highest BCUT2D eigenvalue weighted by Crippen LogP contribution is 2.39. The Morgan fingerprint density at radius 1 is 1.14 bits per heavy atom. The molecule has 0 radical (unpaired) electrons. The van der Waals surface area contributed by atoms with Gasteiger partial charge in [0.05, 0.1) is 0 Å². The monoisotopic (exact) mass is 294 g/mol.